The number of aromatic nitrogens is 3. The predicted octanol–water partition coefficient (Wildman–Crippen LogP) is 4.35. The fraction of sp³-hybridized carbons (Fsp3) is 0. The van der Waals surface area contributed by atoms with Crippen LogP contribution in [-0.2, 0) is 0 Å². The van der Waals surface area contributed by atoms with E-state index in [1.165, 1.54) is 17.4 Å². The quantitative estimate of drug-likeness (QED) is 0.427. The van der Waals surface area contributed by atoms with E-state index in [0.29, 0.717) is 4.91 Å². The van der Waals surface area contributed by atoms with Gasteiger partial charge < -0.3 is 0 Å². The van der Waals surface area contributed by atoms with Crippen LogP contribution in [-0.4, -0.2) is 15.0 Å². The molecule has 3 aromatic heterocycles. The predicted molar refractivity (Wildman–Crippen MR) is 94.9 cm³/mol. The molecule has 3 rings (SSSR count). The Hall–Kier alpha value is -1.79. The zero-order valence-corrected chi connectivity index (χ0v) is 14.3. The van der Waals surface area contributed by atoms with Crippen molar-refractivity contribution in [3.63, 3.8) is 0 Å². The normalized spacial score (nSPS) is 11.2. The number of nitrogens with zero attached hydrogens (tertiary/aromatic N) is 4. The van der Waals surface area contributed by atoms with Crippen LogP contribution in [0.15, 0.2) is 46.1 Å². The van der Waals surface area contributed by atoms with Crippen molar-refractivity contribution in [2.45, 2.75) is 0 Å². The Labute approximate surface area is 144 Å². The van der Waals surface area contributed by atoms with Crippen LogP contribution in [0.1, 0.15) is 14.6 Å². The highest BCUT2D eigenvalue weighted by molar-refractivity contribution is 7.85. The molecule has 108 valence electrons. The highest BCUT2D eigenvalue weighted by Gasteiger charge is 2.19. The molecule has 0 aliphatic heterocycles. The van der Waals surface area contributed by atoms with Gasteiger partial charge in [0.15, 0.2) is 0 Å². The lowest BCUT2D eigenvalue weighted by Crippen LogP contribution is -1.91. The molecule has 4 nitrogen and oxygen atoms in total. The van der Waals surface area contributed by atoms with Gasteiger partial charge in [0, 0.05) is 40.7 Å². The van der Waals surface area contributed by atoms with E-state index in [2.05, 4.69) is 27.6 Å². The fourth-order valence-electron chi connectivity index (χ4n) is 1.90. The van der Waals surface area contributed by atoms with Crippen molar-refractivity contribution in [3.05, 3.63) is 60.7 Å². The second kappa shape index (κ2) is 6.98. The molecule has 0 saturated carbocycles. The van der Waals surface area contributed by atoms with Crippen molar-refractivity contribution in [3.8, 4) is 6.07 Å². The molecule has 0 aliphatic carbocycles. The van der Waals surface area contributed by atoms with Crippen LogP contribution in [0, 0.1) is 11.3 Å². The van der Waals surface area contributed by atoms with E-state index in [1.807, 2.05) is 18.5 Å². The summed E-state index contributed by atoms with van der Waals surface area (Å²) in [5.41, 5.74) is 7.19. The molecule has 3 heterocycles. The van der Waals surface area contributed by atoms with Gasteiger partial charge in [-0.15, -0.1) is 46.6 Å². The van der Waals surface area contributed by atoms with Crippen molar-refractivity contribution in [2.24, 2.45) is 0 Å². The number of allylic oxidation sites excluding steroid dienone is 2. The Morgan fingerprint density at radius 1 is 0.955 bits per heavy atom. The molecule has 0 N–H and O–H groups in total. The molecule has 0 fully saturated rings. The van der Waals surface area contributed by atoms with Gasteiger partial charge in [0.25, 0.3) is 0 Å². The summed E-state index contributed by atoms with van der Waals surface area (Å²) >= 11 is 9.11. The molecule has 0 aromatic carbocycles. The van der Waals surface area contributed by atoms with Crippen molar-refractivity contribution in [1.29, 1.82) is 5.26 Å². The summed E-state index contributed by atoms with van der Waals surface area (Å²) in [6.45, 7) is 0. The maximum Gasteiger partial charge on any atom is 0.0923 e. The Morgan fingerprint density at radius 2 is 1.45 bits per heavy atom. The number of hydrogen-bond acceptors (Lipinski definition) is 8. The summed E-state index contributed by atoms with van der Waals surface area (Å²) in [7, 11) is 0. The summed E-state index contributed by atoms with van der Waals surface area (Å²) in [6, 6.07) is 2.04. The molecular formula is C14H8N4S4. The van der Waals surface area contributed by atoms with Gasteiger partial charge in [0.1, 0.15) is 0 Å². The van der Waals surface area contributed by atoms with Gasteiger partial charge in [-0.25, -0.2) is 0 Å². The van der Waals surface area contributed by atoms with Gasteiger partial charge in [0.05, 0.1) is 37.2 Å². The number of rotatable bonds is 4. The maximum atomic E-state index is 9.00. The molecule has 0 radical (unpaired) electrons. The number of thiazole rings is 3. The van der Waals surface area contributed by atoms with Gasteiger partial charge in [-0.1, -0.05) is 0 Å². The standard InChI is InChI=1S/C14H8N4S4/c15-2-1-9(19)13(10-3-16-6-20-10)14(11-4-17-7-21-11)12-5-18-8-22-12/h1,3-8,19H/b9-1-. The molecule has 0 spiro atoms. The summed E-state index contributed by atoms with van der Waals surface area (Å²) in [4.78, 5) is 16.0. The first kappa shape index (κ1) is 15.1. The van der Waals surface area contributed by atoms with Crippen LogP contribution < -0.4 is 0 Å². The lowest BCUT2D eigenvalue weighted by Gasteiger charge is -2.11. The smallest absolute Gasteiger partial charge is 0.0923 e. The molecule has 0 amide bonds. The molecule has 0 bridgehead atoms. The minimum atomic E-state index is 0.601. The monoisotopic (exact) mass is 360 g/mol. The van der Waals surface area contributed by atoms with E-state index >= 15 is 0 Å². The van der Waals surface area contributed by atoms with Crippen molar-refractivity contribution in [2.75, 3.05) is 0 Å². The molecule has 0 atom stereocenters. The minimum Gasteiger partial charge on any atom is -0.252 e. The van der Waals surface area contributed by atoms with E-state index in [9.17, 15) is 0 Å². The van der Waals surface area contributed by atoms with E-state index in [4.69, 9.17) is 5.26 Å². The van der Waals surface area contributed by atoms with Crippen LogP contribution in [0.4, 0.5) is 0 Å². The number of thiol groups is 1. The van der Waals surface area contributed by atoms with Crippen molar-refractivity contribution in [1.82, 2.24) is 15.0 Å². The maximum absolute atomic E-state index is 9.00. The average Bonchev–Trinajstić information content (AvgIpc) is 3.25. The van der Waals surface area contributed by atoms with E-state index < -0.39 is 0 Å². The lowest BCUT2D eigenvalue weighted by molar-refractivity contribution is 1.40. The topological polar surface area (TPSA) is 62.5 Å². The second-order valence-electron chi connectivity index (χ2n) is 4.01. The van der Waals surface area contributed by atoms with Crippen LogP contribution in [0.25, 0.3) is 11.1 Å². The zero-order valence-electron chi connectivity index (χ0n) is 11.0. The van der Waals surface area contributed by atoms with Crippen LogP contribution in [0.2, 0.25) is 0 Å². The first-order valence-electron chi connectivity index (χ1n) is 6.01. The first-order valence-corrected chi connectivity index (χ1v) is 9.10. The summed E-state index contributed by atoms with van der Waals surface area (Å²) < 4.78 is 0. The molecule has 0 saturated heterocycles. The van der Waals surface area contributed by atoms with Crippen LogP contribution >= 0.6 is 46.6 Å². The minimum absolute atomic E-state index is 0.601. The molecule has 22 heavy (non-hydrogen) atoms. The van der Waals surface area contributed by atoms with Gasteiger partial charge in [-0.2, -0.15) is 5.26 Å². The average molecular weight is 361 g/mol. The number of nitriles is 1. The SMILES string of the molecule is N#C/C=C(\S)C(=C(c1cncs1)c1cncs1)c1cncs1. The third-order valence-corrected chi connectivity index (χ3v) is 5.47. The van der Waals surface area contributed by atoms with Crippen molar-refractivity contribution < 1.29 is 0 Å². The van der Waals surface area contributed by atoms with Gasteiger partial charge in [-0.3, -0.25) is 15.0 Å². The number of hydrogen-bond donors (Lipinski definition) is 1. The third kappa shape index (κ3) is 3.03. The Bertz CT molecular complexity index is 801. The van der Waals surface area contributed by atoms with Gasteiger partial charge in [0.2, 0.25) is 0 Å². The molecule has 0 aliphatic rings. The highest BCUT2D eigenvalue weighted by Crippen LogP contribution is 2.41. The fourth-order valence-corrected chi connectivity index (χ4v) is 4.39. The van der Waals surface area contributed by atoms with Crippen molar-refractivity contribution >= 4 is 57.8 Å². The summed E-state index contributed by atoms with van der Waals surface area (Å²) in [5, 5.41) is 9.00. The highest BCUT2D eigenvalue weighted by atomic mass is 32.1. The van der Waals surface area contributed by atoms with Gasteiger partial charge >= 0.3 is 0 Å². The Morgan fingerprint density at radius 3 is 1.86 bits per heavy atom. The van der Waals surface area contributed by atoms with E-state index in [-0.39, 0.29) is 0 Å². The summed E-state index contributed by atoms with van der Waals surface area (Å²) in [5.74, 6) is 0. The zero-order chi connectivity index (χ0) is 15.4. The Kier molecular flexibility index (Phi) is 4.80. The van der Waals surface area contributed by atoms with E-state index in [1.54, 1.807) is 45.4 Å². The Balaban J connectivity index is 2.34. The van der Waals surface area contributed by atoms with Gasteiger partial charge in [-0.05, 0) is 0 Å². The lowest BCUT2D eigenvalue weighted by atomic mass is 10.0. The largest absolute Gasteiger partial charge is 0.252 e. The van der Waals surface area contributed by atoms with Crippen LogP contribution in [0.5, 0.6) is 0 Å². The molecule has 3 aromatic rings. The van der Waals surface area contributed by atoms with Crippen LogP contribution in [0.3, 0.4) is 0 Å². The molecule has 8 heteroatoms. The molecular weight excluding hydrogens is 352 g/mol. The van der Waals surface area contributed by atoms with E-state index in [0.717, 1.165) is 25.8 Å². The first-order chi connectivity index (χ1) is 10.8. The summed E-state index contributed by atoms with van der Waals surface area (Å²) in [6.07, 6.45) is 6.84. The second-order valence-corrected chi connectivity index (χ2v) is 7.15. The third-order valence-electron chi connectivity index (χ3n) is 2.74. The molecule has 0 unspecified atom stereocenters.